The highest BCUT2D eigenvalue weighted by Crippen LogP contribution is 2.31. The number of aryl methyl sites for hydroxylation is 1. The largest absolute Gasteiger partial charge is 0.451 e. The van der Waals surface area contributed by atoms with Crippen molar-refractivity contribution in [3.63, 3.8) is 0 Å². The van der Waals surface area contributed by atoms with E-state index in [1.54, 1.807) is 42.5 Å². The van der Waals surface area contributed by atoms with Crippen LogP contribution in [0.2, 0.25) is 0 Å². The number of carbonyl (C=O) groups is 1. The van der Waals surface area contributed by atoms with Gasteiger partial charge in [0.1, 0.15) is 17.7 Å². The van der Waals surface area contributed by atoms with E-state index in [9.17, 15) is 13.2 Å². The summed E-state index contributed by atoms with van der Waals surface area (Å²) in [4.78, 5) is 19.4. The molecule has 3 aromatic rings. The van der Waals surface area contributed by atoms with Crippen LogP contribution >= 0.6 is 0 Å². The van der Waals surface area contributed by atoms with Crippen LogP contribution in [0.4, 0.5) is 5.69 Å². The van der Waals surface area contributed by atoms with Crippen LogP contribution in [0.15, 0.2) is 41.3 Å². The van der Waals surface area contributed by atoms with Gasteiger partial charge < -0.3 is 14.1 Å². The number of methoxy groups -OCH3 is 1. The molecular formula is C24H29N5O5S. The topological polar surface area (TPSA) is 111 Å². The Labute approximate surface area is 204 Å². The Morgan fingerprint density at radius 3 is 2.71 bits per heavy atom. The number of carbonyl (C=O) groups excluding carboxylic acids is 1. The summed E-state index contributed by atoms with van der Waals surface area (Å²) in [5.41, 5.74) is 4.60. The number of benzene rings is 1. The summed E-state index contributed by atoms with van der Waals surface area (Å²) in [6.07, 6.45) is 5.99. The summed E-state index contributed by atoms with van der Waals surface area (Å²) in [6, 6.07) is 6.87. The molecule has 0 atom stereocenters. The zero-order chi connectivity index (χ0) is 24.4. The summed E-state index contributed by atoms with van der Waals surface area (Å²) < 4.78 is 38.6. The van der Waals surface area contributed by atoms with Crippen LogP contribution in [0.5, 0.6) is 0 Å². The lowest BCUT2D eigenvalue weighted by Crippen LogP contribution is -2.38. The Balaban J connectivity index is 1.36. The second-order valence-corrected chi connectivity index (χ2v) is 10.8. The molecule has 186 valence electrons. The van der Waals surface area contributed by atoms with Crippen LogP contribution in [0.25, 0.3) is 11.4 Å². The Kier molecular flexibility index (Phi) is 6.61. The predicted molar refractivity (Wildman–Crippen MR) is 129 cm³/mol. The number of hydrogen-bond acceptors (Lipinski definition) is 7. The van der Waals surface area contributed by atoms with E-state index in [0.29, 0.717) is 56.0 Å². The Morgan fingerprint density at radius 2 is 2.00 bits per heavy atom. The number of sulfonamides is 1. The Bertz CT molecular complexity index is 1280. The van der Waals surface area contributed by atoms with Crippen LogP contribution in [-0.2, 0) is 34.3 Å². The van der Waals surface area contributed by atoms with Crippen molar-refractivity contribution in [2.45, 2.75) is 38.8 Å². The fourth-order valence-electron chi connectivity index (χ4n) is 4.77. The van der Waals surface area contributed by atoms with Gasteiger partial charge in [0, 0.05) is 56.6 Å². The van der Waals surface area contributed by atoms with E-state index in [4.69, 9.17) is 14.3 Å². The second kappa shape index (κ2) is 9.82. The maximum absolute atomic E-state index is 13.4. The fraction of sp³-hybridized carbons (Fsp3) is 0.458. The summed E-state index contributed by atoms with van der Waals surface area (Å²) in [5.74, 6) is 0.0681. The fourth-order valence-corrected chi connectivity index (χ4v) is 6.41. The lowest BCUT2D eigenvalue weighted by Gasteiger charge is -2.29. The number of aromatic nitrogens is 3. The normalized spacial score (nSPS) is 17.4. The number of nitrogens with zero attached hydrogens (tertiary/aromatic N) is 5. The second-order valence-electron chi connectivity index (χ2n) is 8.84. The minimum absolute atomic E-state index is 0.0954. The molecule has 1 amide bonds. The van der Waals surface area contributed by atoms with Crippen molar-refractivity contribution < 1.29 is 22.4 Å². The summed E-state index contributed by atoms with van der Waals surface area (Å²) in [6.45, 7) is 2.84. The summed E-state index contributed by atoms with van der Waals surface area (Å²) >= 11 is 0. The molecule has 4 heterocycles. The van der Waals surface area contributed by atoms with Gasteiger partial charge >= 0.3 is 0 Å². The van der Waals surface area contributed by atoms with Crippen molar-refractivity contribution >= 4 is 21.6 Å². The van der Waals surface area contributed by atoms with Gasteiger partial charge in [-0.3, -0.25) is 13.8 Å². The smallest absolute Gasteiger partial charge is 0.254 e. The minimum Gasteiger partial charge on any atom is -0.451 e. The molecule has 10 nitrogen and oxygen atoms in total. The van der Waals surface area contributed by atoms with Crippen LogP contribution in [0.3, 0.4) is 0 Å². The van der Waals surface area contributed by atoms with Gasteiger partial charge in [-0.2, -0.15) is 5.10 Å². The molecule has 0 spiro atoms. The first-order chi connectivity index (χ1) is 17.0. The highest BCUT2D eigenvalue weighted by Gasteiger charge is 2.30. The molecule has 5 rings (SSSR count). The molecule has 2 aliphatic heterocycles. The average molecular weight is 500 g/mol. The van der Waals surface area contributed by atoms with Gasteiger partial charge in [0.2, 0.25) is 10.0 Å². The van der Waals surface area contributed by atoms with Crippen molar-refractivity contribution in [3.8, 4) is 11.4 Å². The van der Waals surface area contributed by atoms with Gasteiger partial charge in [-0.15, -0.1) is 0 Å². The SMILES string of the molecule is COCCCn1nc(-c2cocn2)c2c1CCN(C(=O)c1ccc(N3CCCCS3(=O)=O)cc1)C2. The number of hydrogen-bond donors (Lipinski definition) is 0. The summed E-state index contributed by atoms with van der Waals surface area (Å²) in [7, 11) is -1.61. The van der Waals surface area contributed by atoms with Gasteiger partial charge in [0.25, 0.3) is 5.91 Å². The molecule has 1 saturated heterocycles. The van der Waals surface area contributed by atoms with Crippen LogP contribution < -0.4 is 4.31 Å². The molecule has 11 heteroatoms. The van der Waals surface area contributed by atoms with Crippen LogP contribution in [-0.4, -0.2) is 66.5 Å². The minimum atomic E-state index is -3.29. The Morgan fingerprint density at radius 1 is 1.17 bits per heavy atom. The van der Waals surface area contributed by atoms with Crippen LogP contribution in [0, 0.1) is 0 Å². The molecule has 35 heavy (non-hydrogen) atoms. The third kappa shape index (κ3) is 4.70. The molecule has 2 aliphatic rings. The number of ether oxygens (including phenoxy) is 1. The van der Waals surface area contributed by atoms with Gasteiger partial charge in [-0.25, -0.2) is 13.4 Å². The third-order valence-electron chi connectivity index (χ3n) is 6.57. The number of rotatable bonds is 7. The van der Waals surface area contributed by atoms with Crippen molar-refractivity contribution in [2.24, 2.45) is 0 Å². The molecular weight excluding hydrogens is 470 g/mol. The number of anilines is 1. The van der Waals surface area contributed by atoms with E-state index >= 15 is 0 Å². The van der Waals surface area contributed by atoms with E-state index in [2.05, 4.69) is 4.98 Å². The zero-order valence-electron chi connectivity index (χ0n) is 19.7. The molecule has 0 saturated carbocycles. The molecule has 2 aromatic heterocycles. The van der Waals surface area contributed by atoms with Gasteiger partial charge in [0.15, 0.2) is 6.39 Å². The first-order valence-electron chi connectivity index (χ1n) is 11.8. The molecule has 0 radical (unpaired) electrons. The number of fused-ring (bicyclic) bond motifs is 1. The summed E-state index contributed by atoms with van der Waals surface area (Å²) in [5, 5.41) is 4.79. The van der Waals surface area contributed by atoms with Crippen molar-refractivity contribution in [1.82, 2.24) is 19.7 Å². The van der Waals surface area contributed by atoms with E-state index in [-0.39, 0.29) is 11.7 Å². The van der Waals surface area contributed by atoms with Gasteiger partial charge in [0.05, 0.1) is 18.0 Å². The molecule has 0 aliphatic carbocycles. The predicted octanol–water partition coefficient (Wildman–Crippen LogP) is 2.70. The van der Waals surface area contributed by atoms with Gasteiger partial charge in [-0.1, -0.05) is 0 Å². The van der Waals surface area contributed by atoms with E-state index in [1.807, 2.05) is 4.68 Å². The Hall–Kier alpha value is -3.18. The highest BCUT2D eigenvalue weighted by atomic mass is 32.2. The highest BCUT2D eigenvalue weighted by molar-refractivity contribution is 7.92. The van der Waals surface area contributed by atoms with Gasteiger partial charge in [-0.05, 0) is 43.5 Å². The van der Waals surface area contributed by atoms with Crippen molar-refractivity contribution in [3.05, 3.63) is 53.7 Å². The number of oxazole rings is 1. The lowest BCUT2D eigenvalue weighted by atomic mass is 10.0. The van der Waals surface area contributed by atoms with Crippen LogP contribution in [0.1, 0.15) is 40.9 Å². The quantitative estimate of drug-likeness (QED) is 0.460. The monoisotopic (exact) mass is 499 g/mol. The van der Waals surface area contributed by atoms with E-state index in [0.717, 1.165) is 36.3 Å². The molecule has 0 unspecified atom stereocenters. The molecule has 1 aromatic carbocycles. The van der Waals surface area contributed by atoms with E-state index in [1.165, 1.54) is 10.7 Å². The zero-order valence-corrected chi connectivity index (χ0v) is 20.5. The van der Waals surface area contributed by atoms with E-state index < -0.39 is 10.0 Å². The molecule has 1 fully saturated rings. The van der Waals surface area contributed by atoms with Crippen molar-refractivity contribution in [2.75, 3.05) is 36.9 Å². The first-order valence-corrected chi connectivity index (χ1v) is 13.4. The first kappa shape index (κ1) is 23.6. The average Bonchev–Trinajstić information content (AvgIpc) is 3.52. The maximum atomic E-state index is 13.4. The molecule has 0 bridgehead atoms. The third-order valence-corrected chi connectivity index (χ3v) is 8.44. The molecule has 0 N–H and O–H groups in total. The maximum Gasteiger partial charge on any atom is 0.254 e. The lowest BCUT2D eigenvalue weighted by molar-refractivity contribution is 0.0733. The standard InChI is InChI=1S/C24H29N5O5S/c1-33-13-4-10-28-22-9-12-27(15-20(22)23(26-28)21-16-34-17-25-21)24(30)18-5-7-19(8-6-18)29-11-2-3-14-35(29,31)32/h5-8,16-17H,2-4,9-15H2,1H3. The number of amides is 1. The van der Waals surface area contributed by atoms with Crippen molar-refractivity contribution in [1.29, 1.82) is 0 Å².